The number of carbonyl (C=O) groups excluding carboxylic acids is 1. The van der Waals surface area contributed by atoms with Crippen LogP contribution in [0.1, 0.15) is 19.8 Å². The Kier molecular flexibility index (Phi) is 4.84. The summed E-state index contributed by atoms with van der Waals surface area (Å²) in [4.78, 5) is 12.3. The number of para-hydroxylation sites is 2. The largest absolute Gasteiger partial charge is 0.323 e. The van der Waals surface area contributed by atoms with Gasteiger partial charge in [-0.2, -0.15) is 0 Å². The van der Waals surface area contributed by atoms with Gasteiger partial charge in [-0.25, -0.2) is 8.42 Å². The van der Waals surface area contributed by atoms with Gasteiger partial charge >= 0.3 is 0 Å². The van der Waals surface area contributed by atoms with Gasteiger partial charge in [0.25, 0.3) is 0 Å². The summed E-state index contributed by atoms with van der Waals surface area (Å²) in [6.07, 6.45) is 2.93. The fourth-order valence-electron chi connectivity index (χ4n) is 2.41. The Morgan fingerprint density at radius 3 is 2.57 bits per heavy atom. The quantitative estimate of drug-likeness (QED) is 0.784. The van der Waals surface area contributed by atoms with E-state index < -0.39 is 10.0 Å². The first kappa shape index (κ1) is 15.8. The van der Waals surface area contributed by atoms with Gasteiger partial charge in [-0.05, 0) is 37.4 Å². The van der Waals surface area contributed by atoms with E-state index in [0.717, 1.165) is 25.6 Å². The van der Waals surface area contributed by atoms with Crippen LogP contribution in [0, 0.1) is 5.92 Å². The van der Waals surface area contributed by atoms with Gasteiger partial charge in [0.15, 0.2) is 0 Å². The van der Waals surface area contributed by atoms with Crippen LogP contribution >= 0.6 is 0 Å². The molecule has 1 amide bonds. The highest BCUT2D eigenvalue weighted by molar-refractivity contribution is 7.92. The highest BCUT2D eigenvalue weighted by Crippen LogP contribution is 2.23. The fourth-order valence-corrected chi connectivity index (χ4v) is 2.99. The Hall–Kier alpha value is -1.60. The first-order valence-electron chi connectivity index (χ1n) is 6.96. The summed E-state index contributed by atoms with van der Waals surface area (Å²) in [5.74, 6) is 0.371. The van der Waals surface area contributed by atoms with Gasteiger partial charge in [-0.3, -0.25) is 9.52 Å². The van der Waals surface area contributed by atoms with Crippen LogP contribution < -0.4 is 15.4 Å². The second-order valence-electron chi connectivity index (χ2n) is 5.55. The van der Waals surface area contributed by atoms with E-state index in [9.17, 15) is 13.2 Å². The predicted octanol–water partition coefficient (Wildman–Crippen LogP) is 1.38. The number of nitrogens with one attached hydrogen (secondary N) is 3. The molecule has 0 saturated carbocycles. The first-order valence-corrected chi connectivity index (χ1v) is 8.85. The Labute approximate surface area is 125 Å². The zero-order chi connectivity index (χ0) is 15.5. The maximum Gasteiger partial charge on any atom is 0.241 e. The molecule has 2 unspecified atom stereocenters. The van der Waals surface area contributed by atoms with Crippen molar-refractivity contribution in [3.63, 3.8) is 0 Å². The molecule has 0 aliphatic carbocycles. The van der Waals surface area contributed by atoms with Crippen molar-refractivity contribution in [3.05, 3.63) is 24.3 Å². The van der Waals surface area contributed by atoms with Crippen molar-refractivity contribution in [2.45, 2.75) is 25.8 Å². The van der Waals surface area contributed by atoms with E-state index in [1.165, 1.54) is 0 Å². The maximum atomic E-state index is 12.3. The standard InChI is InChI=1S/C14H21N3O3S/c1-10-7-8-15-13(9-10)14(18)16-11-5-3-4-6-12(11)17-21(2,19)20/h3-6,10,13,15,17H,7-9H2,1-2H3,(H,16,18). The molecule has 1 fully saturated rings. The van der Waals surface area contributed by atoms with E-state index in [0.29, 0.717) is 17.3 Å². The fraction of sp³-hybridized carbons (Fsp3) is 0.500. The molecule has 2 rings (SSSR count). The zero-order valence-electron chi connectivity index (χ0n) is 12.2. The van der Waals surface area contributed by atoms with Crippen molar-refractivity contribution >= 4 is 27.3 Å². The second kappa shape index (κ2) is 6.44. The Bertz CT molecular complexity index is 616. The predicted molar refractivity (Wildman–Crippen MR) is 83.7 cm³/mol. The molecule has 1 aliphatic rings. The van der Waals surface area contributed by atoms with Gasteiger partial charge in [0, 0.05) is 0 Å². The van der Waals surface area contributed by atoms with Crippen LogP contribution in [0.25, 0.3) is 0 Å². The lowest BCUT2D eigenvalue weighted by Gasteiger charge is -2.27. The summed E-state index contributed by atoms with van der Waals surface area (Å²) < 4.78 is 25.1. The minimum Gasteiger partial charge on any atom is -0.323 e. The molecular formula is C14H21N3O3S. The third-order valence-corrected chi connectivity index (χ3v) is 4.05. The van der Waals surface area contributed by atoms with Crippen molar-refractivity contribution in [1.82, 2.24) is 5.32 Å². The average molecular weight is 311 g/mol. The van der Waals surface area contributed by atoms with Crippen molar-refractivity contribution in [1.29, 1.82) is 0 Å². The van der Waals surface area contributed by atoms with Crippen molar-refractivity contribution < 1.29 is 13.2 Å². The van der Waals surface area contributed by atoms with Crippen LogP contribution in [0.3, 0.4) is 0 Å². The number of benzene rings is 1. The molecule has 1 aromatic carbocycles. The van der Waals surface area contributed by atoms with E-state index in [1.54, 1.807) is 24.3 Å². The van der Waals surface area contributed by atoms with Crippen LogP contribution in [-0.2, 0) is 14.8 Å². The molecular weight excluding hydrogens is 290 g/mol. The summed E-state index contributed by atoms with van der Waals surface area (Å²) in [6, 6.07) is 6.52. The minimum atomic E-state index is -3.39. The summed E-state index contributed by atoms with van der Waals surface area (Å²) in [5, 5.41) is 5.98. The number of sulfonamides is 1. The van der Waals surface area contributed by atoms with Crippen LogP contribution in [0.15, 0.2) is 24.3 Å². The second-order valence-corrected chi connectivity index (χ2v) is 7.29. The monoisotopic (exact) mass is 311 g/mol. The lowest BCUT2D eigenvalue weighted by Crippen LogP contribution is -2.45. The summed E-state index contributed by atoms with van der Waals surface area (Å²) in [6.45, 7) is 2.95. The molecule has 0 aromatic heterocycles. The average Bonchev–Trinajstić information content (AvgIpc) is 2.39. The van der Waals surface area contributed by atoms with Crippen molar-refractivity contribution in [2.24, 2.45) is 5.92 Å². The number of piperidine rings is 1. The number of anilines is 2. The zero-order valence-corrected chi connectivity index (χ0v) is 13.0. The Balaban J connectivity index is 2.10. The number of hydrogen-bond donors (Lipinski definition) is 3. The summed E-state index contributed by atoms with van der Waals surface area (Å²) in [7, 11) is -3.39. The van der Waals surface area contributed by atoms with Gasteiger partial charge in [0.1, 0.15) is 0 Å². The Morgan fingerprint density at radius 2 is 1.95 bits per heavy atom. The van der Waals surface area contributed by atoms with E-state index in [-0.39, 0.29) is 11.9 Å². The molecule has 116 valence electrons. The smallest absolute Gasteiger partial charge is 0.241 e. The third kappa shape index (κ3) is 4.71. The molecule has 1 aromatic rings. The van der Waals surface area contributed by atoms with E-state index >= 15 is 0 Å². The Morgan fingerprint density at radius 1 is 1.29 bits per heavy atom. The third-order valence-electron chi connectivity index (χ3n) is 3.46. The maximum absolute atomic E-state index is 12.3. The van der Waals surface area contributed by atoms with Gasteiger partial charge < -0.3 is 10.6 Å². The molecule has 0 radical (unpaired) electrons. The van der Waals surface area contributed by atoms with Crippen LogP contribution in [-0.4, -0.2) is 33.2 Å². The molecule has 21 heavy (non-hydrogen) atoms. The van der Waals surface area contributed by atoms with E-state index in [4.69, 9.17) is 0 Å². The highest BCUT2D eigenvalue weighted by Gasteiger charge is 2.25. The highest BCUT2D eigenvalue weighted by atomic mass is 32.2. The lowest BCUT2D eigenvalue weighted by atomic mass is 9.94. The van der Waals surface area contributed by atoms with E-state index in [1.807, 2.05) is 0 Å². The van der Waals surface area contributed by atoms with Crippen molar-refractivity contribution in [3.8, 4) is 0 Å². The molecule has 1 aliphatic heterocycles. The van der Waals surface area contributed by atoms with Crippen molar-refractivity contribution in [2.75, 3.05) is 22.8 Å². The number of carbonyl (C=O) groups is 1. The molecule has 0 bridgehead atoms. The molecule has 6 nitrogen and oxygen atoms in total. The van der Waals surface area contributed by atoms with Crippen LogP contribution in [0.2, 0.25) is 0 Å². The summed E-state index contributed by atoms with van der Waals surface area (Å²) in [5.41, 5.74) is 0.838. The van der Waals surface area contributed by atoms with Gasteiger partial charge in [0.2, 0.25) is 15.9 Å². The van der Waals surface area contributed by atoms with Gasteiger partial charge in [0.05, 0.1) is 23.7 Å². The minimum absolute atomic E-state index is 0.135. The SMILES string of the molecule is CC1CCNC(C(=O)Nc2ccccc2NS(C)(=O)=O)C1. The molecule has 3 N–H and O–H groups in total. The number of amides is 1. The number of hydrogen-bond acceptors (Lipinski definition) is 4. The molecule has 1 saturated heterocycles. The topological polar surface area (TPSA) is 87.3 Å². The van der Waals surface area contributed by atoms with Gasteiger partial charge in [-0.1, -0.05) is 19.1 Å². The first-order chi connectivity index (χ1) is 9.85. The van der Waals surface area contributed by atoms with Crippen LogP contribution in [0.4, 0.5) is 11.4 Å². The summed E-state index contributed by atoms with van der Waals surface area (Å²) >= 11 is 0. The molecule has 1 heterocycles. The molecule has 7 heteroatoms. The lowest BCUT2D eigenvalue weighted by molar-refractivity contribution is -0.119. The van der Waals surface area contributed by atoms with E-state index in [2.05, 4.69) is 22.3 Å². The van der Waals surface area contributed by atoms with Crippen LogP contribution in [0.5, 0.6) is 0 Å². The molecule has 2 atom stereocenters. The number of rotatable bonds is 4. The normalized spacial score (nSPS) is 22.6. The van der Waals surface area contributed by atoms with Gasteiger partial charge in [-0.15, -0.1) is 0 Å². The molecule has 0 spiro atoms.